The van der Waals surface area contributed by atoms with E-state index in [0.717, 1.165) is 35.5 Å². The van der Waals surface area contributed by atoms with E-state index >= 15 is 0 Å². The third kappa shape index (κ3) is 4.90. The second kappa shape index (κ2) is 11.5. The summed E-state index contributed by atoms with van der Waals surface area (Å²) in [4.78, 5) is 0. The molecule has 2 aromatic carbocycles. The zero-order valence-corrected chi connectivity index (χ0v) is 25.4. The Morgan fingerprint density at radius 2 is 0.756 bits per heavy atom. The average Bonchev–Trinajstić information content (AvgIpc) is 3.85. The van der Waals surface area contributed by atoms with E-state index in [2.05, 4.69) is 60.7 Å². The van der Waals surface area contributed by atoms with Crippen LogP contribution in [0.4, 0.5) is 0 Å². The van der Waals surface area contributed by atoms with Crippen LogP contribution in [-0.4, -0.2) is 0 Å². The lowest BCUT2D eigenvalue weighted by atomic mass is 9.73. The summed E-state index contributed by atoms with van der Waals surface area (Å²) < 4.78 is 0. The third-order valence-corrected chi connectivity index (χ3v) is 13.0. The first-order valence-corrected chi connectivity index (χ1v) is 18.0. The fourth-order valence-corrected chi connectivity index (χ4v) is 11.3. The van der Waals surface area contributed by atoms with E-state index in [4.69, 9.17) is 0 Å². The van der Waals surface area contributed by atoms with Crippen LogP contribution < -0.4 is 0 Å². The van der Waals surface area contributed by atoms with Crippen molar-refractivity contribution < 1.29 is 0 Å². The van der Waals surface area contributed by atoms with Crippen molar-refractivity contribution >= 4 is 11.1 Å². The van der Waals surface area contributed by atoms with Gasteiger partial charge < -0.3 is 0 Å². The predicted octanol–water partition coefficient (Wildman–Crippen LogP) is 11.7. The van der Waals surface area contributed by atoms with Gasteiger partial charge in [0.1, 0.15) is 0 Å². The van der Waals surface area contributed by atoms with Crippen molar-refractivity contribution in [3.8, 4) is 0 Å². The third-order valence-electron chi connectivity index (χ3n) is 13.0. The van der Waals surface area contributed by atoms with E-state index < -0.39 is 0 Å². The minimum atomic E-state index is 0.566. The zero-order chi connectivity index (χ0) is 27.2. The van der Waals surface area contributed by atoms with Crippen LogP contribution in [0.25, 0.3) is 11.1 Å². The lowest BCUT2D eigenvalue weighted by molar-refractivity contribution is 0.297. The molecule has 0 radical (unpaired) electrons. The summed E-state index contributed by atoms with van der Waals surface area (Å²) in [5.74, 6) is 6.45. The summed E-state index contributed by atoms with van der Waals surface area (Å²) in [6.07, 6.45) is 30.3. The molecule has 0 aliphatic heterocycles. The minimum Gasteiger partial charge on any atom is -0.0728 e. The van der Waals surface area contributed by atoms with Gasteiger partial charge in [-0.25, -0.2) is 0 Å². The SMILES string of the molecule is C1=C(C(C2CCCC2)C2CCCC2)c2ccccc2C1CC1C=C(C(C2CCCC2)C2CCCC2)c2ccccc21. The summed E-state index contributed by atoms with van der Waals surface area (Å²) in [7, 11) is 0. The summed E-state index contributed by atoms with van der Waals surface area (Å²) in [5.41, 5.74) is 10.1. The molecule has 0 spiro atoms. The summed E-state index contributed by atoms with van der Waals surface area (Å²) in [6.45, 7) is 0. The predicted molar refractivity (Wildman–Crippen MR) is 174 cm³/mol. The fourth-order valence-electron chi connectivity index (χ4n) is 11.3. The van der Waals surface area contributed by atoms with Gasteiger partial charge >= 0.3 is 0 Å². The molecule has 2 atom stereocenters. The first-order valence-electron chi connectivity index (χ1n) is 18.0. The first-order chi connectivity index (χ1) is 20.3. The minimum absolute atomic E-state index is 0.566. The number of hydrogen-bond acceptors (Lipinski definition) is 0. The fraction of sp³-hybridized carbons (Fsp3) is 0.610. The molecule has 4 saturated carbocycles. The standard InChI is InChI=1S/C41H52/c1-2-14-28(13-1)40(29-15-3-4-16-29)38-26-32(34-21-9-11-23-36(34)38)25-33-27-39(37-24-12-10-22-35(33)37)41(30-17-5-6-18-30)31-19-7-8-20-31/h9-12,21-24,26-33,40-41H,1-8,13-20,25H2. The Morgan fingerprint density at radius 1 is 0.439 bits per heavy atom. The molecule has 6 aliphatic rings. The van der Waals surface area contributed by atoms with Gasteiger partial charge in [0.05, 0.1) is 0 Å². The van der Waals surface area contributed by atoms with E-state index in [-0.39, 0.29) is 0 Å². The topological polar surface area (TPSA) is 0 Å². The Bertz CT molecular complexity index is 1140. The van der Waals surface area contributed by atoms with Gasteiger partial charge in [0.25, 0.3) is 0 Å². The smallest absolute Gasteiger partial charge is 0.00389 e. The monoisotopic (exact) mass is 544 g/mol. The van der Waals surface area contributed by atoms with E-state index in [1.54, 1.807) is 33.4 Å². The maximum Gasteiger partial charge on any atom is 0.00389 e. The molecule has 0 bridgehead atoms. The Morgan fingerprint density at radius 3 is 1.10 bits per heavy atom. The highest BCUT2D eigenvalue weighted by Gasteiger charge is 2.42. The summed E-state index contributed by atoms with van der Waals surface area (Å²) >= 11 is 0. The van der Waals surface area contributed by atoms with E-state index in [1.807, 2.05) is 0 Å². The lowest BCUT2D eigenvalue weighted by Crippen LogP contribution is -2.21. The van der Waals surface area contributed by atoms with Gasteiger partial charge in [0.2, 0.25) is 0 Å². The van der Waals surface area contributed by atoms with Crippen LogP contribution in [0.5, 0.6) is 0 Å². The van der Waals surface area contributed by atoms with Crippen molar-refractivity contribution in [1.82, 2.24) is 0 Å². The van der Waals surface area contributed by atoms with E-state index in [9.17, 15) is 0 Å². The maximum absolute atomic E-state index is 2.83. The molecule has 0 aromatic heterocycles. The van der Waals surface area contributed by atoms with Gasteiger partial charge in [-0.2, -0.15) is 0 Å². The first kappa shape index (κ1) is 26.5. The molecule has 0 saturated heterocycles. The van der Waals surface area contributed by atoms with Crippen LogP contribution in [0.15, 0.2) is 60.7 Å². The quantitative estimate of drug-likeness (QED) is 0.310. The summed E-state index contributed by atoms with van der Waals surface area (Å²) in [6, 6.07) is 19.3. The van der Waals surface area contributed by atoms with E-state index in [1.165, 1.54) is 109 Å². The zero-order valence-electron chi connectivity index (χ0n) is 25.4. The van der Waals surface area contributed by atoms with Gasteiger partial charge in [-0.3, -0.25) is 0 Å². The highest BCUT2D eigenvalue weighted by atomic mass is 14.5. The molecule has 2 unspecified atom stereocenters. The molecule has 6 aliphatic carbocycles. The average molecular weight is 545 g/mol. The van der Waals surface area contributed by atoms with Gasteiger partial charge in [-0.05, 0) is 127 Å². The van der Waals surface area contributed by atoms with Crippen molar-refractivity contribution in [2.45, 2.75) is 121 Å². The highest BCUT2D eigenvalue weighted by Crippen LogP contribution is 2.56. The van der Waals surface area contributed by atoms with Crippen LogP contribution in [0.3, 0.4) is 0 Å². The number of hydrogen-bond donors (Lipinski definition) is 0. The second-order valence-corrected chi connectivity index (χ2v) is 15.1. The number of rotatable bonds is 8. The van der Waals surface area contributed by atoms with Crippen LogP contribution in [0.2, 0.25) is 0 Å². The van der Waals surface area contributed by atoms with Crippen LogP contribution in [0.1, 0.15) is 143 Å². The molecule has 216 valence electrons. The van der Waals surface area contributed by atoms with Gasteiger partial charge in [-0.15, -0.1) is 0 Å². The highest BCUT2D eigenvalue weighted by molar-refractivity contribution is 5.79. The van der Waals surface area contributed by atoms with Crippen molar-refractivity contribution in [3.63, 3.8) is 0 Å². The van der Waals surface area contributed by atoms with Gasteiger partial charge in [-0.1, -0.05) is 112 Å². The molecule has 0 heteroatoms. The molecule has 41 heavy (non-hydrogen) atoms. The van der Waals surface area contributed by atoms with E-state index in [0.29, 0.717) is 11.8 Å². The molecule has 0 nitrogen and oxygen atoms in total. The number of benzene rings is 2. The second-order valence-electron chi connectivity index (χ2n) is 15.1. The molecular formula is C41H52. The van der Waals surface area contributed by atoms with Crippen LogP contribution >= 0.6 is 0 Å². The largest absolute Gasteiger partial charge is 0.0728 e. The van der Waals surface area contributed by atoms with Crippen LogP contribution in [0, 0.1) is 35.5 Å². The lowest BCUT2D eigenvalue weighted by Gasteiger charge is -2.31. The van der Waals surface area contributed by atoms with Crippen molar-refractivity contribution in [2.75, 3.05) is 0 Å². The number of allylic oxidation sites excluding steroid dienone is 4. The van der Waals surface area contributed by atoms with Gasteiger partial charge in [0.15, 0.2) is 0 Å². The Labute approximate surface area is 250 Å². The van der Waals surface area contributed by atoms with Gasteiger partial charge in [0, 0.05) is 11.8 Å². The van der Waals surface area contributed by atoms with Crippen LogP contribution in [-0.2, 0) is 0 Å². The molecular weight excluding hydrogens is 492 g/mol. The number of fused-ring (bicyclic) bond motifs is 2. The Hall–Kier alpha value is -2.08. The normalized spacial score (nSPS) is 27.4. The van der Waals surface area contributed by atoms with Crippen molar-refractivity contribution in [3.05, 3.63) is 82.9 Å². The Balaban J connectivity index is 1.14. The van der Waals surface area contributed by atoms with Crippen molar-refractivity contribution in [2.24, 2.45) is 35.5 Å². The molecule has 0 heterocycles. The summed E-state index contributed by atoms with van der Waals surface area (Å²) in [5, 5.41) is 0. The molecule has 0 amide bonds. The van der Waals surface area contributed by atoms with Crippen molar-refractivity contribution in [1.29, 1.82) is 0 Å². The maximum atomic E-state index is 2.83. The molecule has 4 fully saturated rings. The molecule has 2 aromatic rings. The molecule has 8 rings (SSSR count). The Kier molecular flexibility index (Phi) is 7.47. The molecule has 0 N–H and O–H groups in total.